The van der Waals surface area contributed by atoms with Crippen LogP contribution in [0, 0.1) is 0 Å². The molecule has 0 heterocycles. The Kier molecular flexibility index (Phi) is 6.18. The third kappa shape index (κ3) is 6.41. The summed E-state index contributed by atoms with van der Waals surface area (Å²) in [4.78, 5) is 9.33. The summed E-state index contributed by atoms with van der Waals surface area (Å²) in [7, 11) is -4.11. The Morgan fingerprint density at radius 3 is 2.47 bits per heavy atom. The molecule has 0 spiro atoms. The lowest BCUT2D eigenvalue weighted by molar-refractivity contribution is 0.0627. The van der Waals surface area contributed by atoms with Gasteiger partial charge < -0.3 is 14.4 Å². The Labute approximate surface area is 99.4 Å². The molecular weight excluding hydrogens is 247 g/mol. The Balaban J connectivity index is 2.29. The molecule has 0 saturated heterocycles. The summed E-state index contributed by atoms with van der Waals surface area (Å²) in [6.07, 6.45) is 0. The van der Waals surface area contributed by atoms with E-state index in [-0.39, 0.29) is 32.2 Å². The van der Waals surface area contributed by atoms with Crippen molar-refractivity contribution in [2.24, 2.45) is 0 Å². The number of hydrogen-bond acceptors (Lipinski definition) is 5. The van der Waals surface area contributed by atoms with Crippen LogP contribution in [0.4, 0.5) is 0 Å². The van der Waals surface area contributed by atoms with Crippen LogP contribution in [0.3, 0.4) is 0 Å². The highest BCUT2D eigenvalue weighted by Gasteiger charge is 2.22. The summed E-state index contributed by atoms with van der Waals surface area (Å²) < 4.78 is 25.7. The van der Waals surface area contributed by atoms with Crippen LogP contribution in [0.15, 0.2) is 30.3 Å². The molecule has 0 aliphatic carbocycles. The zero-order valence-corrected chi connectivity index (χ0v) is 10.1. The predicted molar refractivity (Wildman–Crippen MR) is 60.8 cm³/mol. The molecule has 1 unspecified atom stereocenters. The Morgan fingerprint density at radius 2 is 1.82 bits per heavy atom. The molecule has 17 heavy (non-hydrogen) atoms. The number of para-hydroxylation sites is 1. The van der Waals surface area contributed by atoms with Crippen LogP contribution in [0.2, 0.25) is 0 Å². The average Bonchev–Trinajstić information content (AvgIpc) is 2.29. The first kappa shape index (κ1) is 14.2. The van der Waals surface area contributed by atoms with Gasteiger partial charge in [0.1, 0.15) is 5.75 Å². The van der Waals surface area contributed by atoms with Gasteiger partial charge in [0.15, 0.2) is 0 Å². The van der Waals surface area contributed by atoms with E-state index in [1.54, 1.807) is 30.3 Å². The predicted octanol–water partition coefficient (Wildman–Crippen LogP) is 1.19. The third-order valence-electron chi connectivity index (χ3n) is 1.68. The van der Waals surface area contributed by atoms with E-state index in [1.807, 2.05) is 0 Å². The van der Waals surface area contributed by atoms with Crippen LogP contribution in [0.1, 0.15) is 0 Å². The summed E-state index contributed by atoms with van der Waals surface area (Å²) in [6.45, 7) is 0.0970. The smallest absolute Gasteiger partial charge is 0.404 e. The minimum atomic E-state index is -4.11. The number of aliphatic hydroxyl groups is 1. The van der Waals surface area contributed by atoms with Crippen molar-refractivity contribution in [1.29, 1.82) is 0 Å². The number of phosphoric acid groups is 1. The fourth-order valence-corrected chi connectivity index (χ4v) is 1.77. The molecule has 6 nitrogen and oxygen atoms in total. The maximum Gasteiger partial charge on any atom is 0.527 e. The summed E-state index contributed by atoms with van der Waals surface area (Å²) in [5.74, 6) is 0.259. The van der Waals surface area contributed by atoms with Crippen LogP contribution < -0.4 is 4.52 Å². The first-order valence-electron chi connectivity index (χ1n) is 5.04. The number of benzene rings is 1. The second-order valence-electron chi connectivity index (χ2n) is 3.04. The summed E-state index contributed by atoms with van der Waals surface area (Å²) in [5, 5.41) is 8.43. The van der Waals surface area contributed by atoms with E-state index in [2.05, 4.69) is 4.52 Å². The van der Waals surface area contributed by atoms with Gasteiger partial charge in [-0.25, -0.2) is 4.57 Å². The van der Waals surface area contributed by atoms with E-state index in [0.717, 1.165) is 0 Å². The van der Waals surface area contributed by atoms with E-state index in [9.17, 15) is 9.46 Å². The van der Waals surface area contributed by atoms with Crippen molar-refractivity contribution in [3.05, 3.63) is 30.3 Å². The highest BCUT2D eigenvalue weighted by molar-refractivity contribution is 7.47. The molecule has 7 heteroatoms. The van der Waals surface area contributed by atoms with E-state index >= 15 is 0 Å². The number of phosphoric ester groups is 1. The Bertz CT molecular complexity index is 355. The van der Waals surface area contributed by atoms with Crippen LogP contribution >= 0.6 is 7.82 Å². The molecule has 0 aromatic heterocycles. The van der Waals surface area contributed by atoms with Gasteiger partial charge in [-0.05, 0) is 12.1 Å². The van der Waals surface area contributed by atoms with Gasteiger partial charge in [0.05, 0.1) is 26.4 Å². The molecule has 0 amide bonds. The first-order valence-corrected chi connectivity index (χ1v) is 6.54. The van der Waals surface area contributed by atoms with Crippen LogP contribution in [0.25, 0.3) is 0 Å². The number of rotatable bonds is 8. The maximum atomic E-state index is 11.4. The zero-order chi connectivity index (χ0) is 12.6. The van der Waals surface area contributed by atoms with E-state index < -0.39 is 7.82 Å². The van der Waals surface area contributed by atoms with Gasteiger partial charge in [0.2, 0.25) is 0 Å². The van der Waals surface area contributed by atoms with E-state index in [1.165, 1.54) is 0 Å². The lowest BCUT2D eigenvalue weighted by Crippen LogP contribution is -2.07. The second kappa shape index (κ2) is 7.42. The fraction of sp³-hybridized carbons (Fsp3) is 0.400. The summed E-state index contributed by atoms with van der Waals surface area (Å²) in [5.41, 5.74) is 0. The van der Waals surface area contributed by atoms with Gasteiger partial charge in [-0.2, -0.15) is 0 Å². The number of ether oxygens (including phenoxy) is 1. The fourth-order valence-electron chi connectivity index (χ4n) is 1.02. The summed E-state index contributed by atoms with van der Waals surface area (Å²) >= 11 is 0. The van der Waals surface area contributed by atoms with Crippen LogP contribution in [-0.2, 0) is 13.8 Å². The normalized spacial score (nSPS) is 14.2. The molecule has 1 rings (SSSR count). The first-order chi connectivity index (χ1) is 8.14. The molecular formula is C10H15O6P. The van der Waals surface area contributed by atoms with Gasteiger partial charge in [-0.1, -0.05) is 18.2 Å². The van der Waals surface area contributed by atoms with Crippen molar-refractivity contribution in [2.75, 3.05) is 26.4 Å². The zero-order valence-electron chi connectivity index (χ0n) is 9.19. The highest BCUT2D eigenvalue weighted by Crippen LogP contribution is 2.43. The molecule has 96 valence electrons. The molecule has 0 bridgehead atoms. The molecule has 2 N–H and O–H groups in total. The highest BCUT2D eigenvalue weighted by atomic mass is 31.2. The van der Waals surface area contributed by atoms with Crippen LogP contribution in [0.5, 0.6) is 5.75 Å². The topological polar surface area (TPSA) is 85.2 Å². The van der Waals surface area contributed by atoms with Gasteiger partial charge >= 0.3 is 7.82 Å². The van der Waals surface area contributed by atoms with Gasteiger partial charge in [0.25, 0.3) is 0 Å². The largest absolute Gasteiger partial charge is 0.527 e. The van der Waals surface area contributed by atoms with E-state index in [0.29, 0.717) is 0 Å². The molecule has 0 radical (unpaired) electrons. The molecule has 0 aliphatic rings. The minimum absolute atomic E-state index is 0.0827. The molecule has 0 saturated carbocycles. The average molecular weight is 262 g/mol. The van der Waals surface area contributed by atoms with Gasteiger partial charge in [-0.15, -0.1) is 0 Å². The number of aliphatic hydroxyl groups excluding tert-OH is 1. The molecule has 1 aromatic carbocycles. The van der Waals surface area contributed by atoms with Crippen molar-refractivity contribution in [2.45, 2.75) is 0 Å². The monoisotopic (exact) mass is 262 g/mol. The Morgan fingerprint density at radius 1 is 1.12 bits per heavy atom. The second-order valence-corrected chi connectivity index (χ2v) is 4.42. The SMILES string of the molecule is O=P(O)(OCCOCCO)Oc1ccccc1. The van der Waals surface area contributed by atoms with Crippen molar-refractivity contribution in [3.8, 4) is 5.75 Å². The van der Waals surface area contributed by atoms with Crippen LogP contribution in [-0.4, -0.2) is 36.4 Å². The van der Waals surface area contributed by atoms with Crippen molar-refractivity contribution in [1.82, 2.24) is 0 Å². The number of hydrogen-bond donors (Lipinski definition) is 2. The molecule has 0 fully saturated rings. The van der Waals surface area contributed by atoms with Gasteiger partial charge in [0, 0.05) is 0 Å². The standard InChI is InChI=1S/C10H15O6P/c11-6-7-14-8-9-15-17(12,13)16-10-4-2-1-3-5-10/h1-5,11H,6-9H2,(H,12,13). The summed E-state index contributed by atoms with van der Waals surface area (Å²) in [6, 6.07) is 8.22. The molecule has 1 atom stereocenters. The third-order valence-corrected chi connectivity index (χ3v) is 2.63. The van der Waals surface area contributed by atoms with Gasteiger partial charge in [-0.3, -0.25) is 9.42 Å². The minimum Gasteiger partial charge on any atom is -0.404 e. The lowest BCUT2D eigenvalue weighted by Gasteiger charge is -2.12. The van der Waals surface area contributed by atoms with Crippen molar-refractivity contribution >= 4 is 7.82 Å². The van der Waals surface area contributed by atoms with Crippen molar-refractivity contribution < 1.29 is 28.3 Å². The molecule has 1 aromatic rings. The van der Waals surface area contributed by atoms with Crippen molar-refractivity contribution in [3.63, 3.8) is 0 Å². The molecule has 0 aliphatic heterocycles. The lowest BCUT2D eigenvalue weighted by atomic mass is 10.3. The quantitative estimate of drug-likeness (QED) is 0.540. The maximum absolute atomic E-state index is 11.4. The Hall–Kier alpha value is -0.910. The van der Waals surface area contributed by atoms with E-state index in [4.69, 9.17) is 14.4 Å².